The normalized spacial score (nSPS) is 18.2. The van der Waals surface area contributed by atoms with Crippen LogP contribution in [0.25, 0.3) is 11.1 Å². The second-order valence-corrected chi connectivity index (χ2v) is 16.6. The molecule has 1 atom stereocenters. The van der Waals surface area contributed by atoms with E-state index in [-0.39, 0.29) is 6.04 Å². The minimum Gasteiger partial charge on any atom is -0.497 e. The van der Waals surface area contributed by atoms with Gasteiger partial charge in [-0.15, -0.1) is 0 Å². The quantitative estimate of drug-likeness (QED) is 0.127. The van der Waals surface area contributed by atoms with E-state index in [0.717, 1.165) is 79.0 Å². The van der Waals surface area contributed by atoms with Crippen LogP contribution < -0.4 is 33.9 Å². The molecule has 8 rings (SSSR count). The van der Waals surface area contributed by atoms with Crippen LogP contribution in [0.4, 0.5) is 5.69 Å². The lowest BCUT2D eigenvalue weighted by Crippen LogP contribution is -2.45. The van der Waals surface area contributed by atoms with Gasteiger partial charge in [-0.25, -0.2) is 0 Å². The molecule has 0 radical (unpaired) electrons. The van der Waals surface area contributed by atoms with Gasteiger partial charge in [-0.2, -0.15) is 0 Å². The number of anilines is 1. The number of hydrogen-bond acceptors (Lipinski definition) is 8. The number of ether oxygens (including phenoxy) is 5. The van der Waals surface area contributed by atoms with E-state index in [0.29, 0.717) is 17.9 Å². The SMILES string of the molecule is CC.COc1cc(OC)cc(N(Cc2ccccc2-c2cc(OC)c(C3CCC3)c(OC)c2)C2CCN(CC3=CC(c4cc(OC)c(C)c(C5CCC5)c4)NC=C3)CC2)c1. The highest BCUT2D eigenvalue weighted by Crippen LogP contribution is 2.48. The van der Waals surface area contributed by atoms with Gasteiger partial charge in [-0.05, 0) is 127 Å². The Morgan fingerprint density at radius 1 is 0.700 bits per heavy atom. The summed E-state index contributed by atoms with van der Waals surface area (Å²) in [5.74, 6) is 5.54. The highest BCUT2D eigenvalue weighted by molar-refractivity contribution is 5.73. The molecule has 2 heterocycles. The molecule has 2 aliphatic heterocycles. The first kappa shape index (κ1) is 43.0. The zero-order chi connectivity index (χ0) is 42.2. The predicted octanol–water partition coefficient (Wildman–Crippen LogP) is 11.5. The van der Waals surface area contributed by atoms with Crippen molar-refractivity contribution >= 4 is 5.69 Å². The summed E-state index contributed by atoms with van der Waals surface area (Å²) in [5.41, 5.74) is 11.2. The monoisotopic (exact) mass is 814 g/mol. The number of dihydropyridines is 1. The third kappa shape index (κ3) is 9.29. The first-order chi connectivity index (χ1) is 29.4. The highest BCUT2D eigenvalue weighted by atomic mass is 16.5. The fourth-order valence-electron chi connectivity index (χ4n) is 9.49. The highest BCUT2D eigenvalue weighted by Gasteiger charge is 2.30. The molecule has 2 saturated carbocycles. The van der Waals surface area contributed by atoms with Crippen LogP contribution in [0.5, 0.6) is 28.7 Å². The topological polar surface area (TPSA) is 64.7 Å². The van der Waals surface area contributed by atoms with Crippen molar-refractivity contribution in [1.82, 2.24) is 10.2 Å². The molecule has 1 N–H and O–H groups in total. The Morgan fingerprint density at radius 2 is 1.33 bits per heavy atom. The van der Waals surface area contributed by atoms with Gasteiger partial charge in [-0.1, -0.05) is 63.1 Å². The molecule has 0 aromatic heterocycles. The molecule has 60 heavy (non-hydrogen) atoms. The Balaban J connectivity index is 0.00000268. The summed E-state index contributed by atoms with van der Waals surface area (Å²) >= 11 is 0. The maximum absolute atomic E-state index is 6.03. The first-order valence-corrected chi connectivity index (χ1v) is 22.3. The van der Waals surface area contributed by atoms with Gasteiger partial charge in [0.1, 0.15) is 28.7 Å². The Hall–Kier alpha value is -5.08. The lowest BCUT2D eigenvalue weighted by molar-refractivity contribution is 0.224. The number of benzene rings is 4. The summed E-state index contributed by atoms with van der Waals surface area (Å²) in [6, 6.07) is 24.6. The number of nitrogens with one attached hydrogen (secondary N) is 1. The average Bonchev–Trinajstić information content (AvgIpc) is 3.26. The fraction of sp³-hybridized carbons (Fsp3) is 0.462. The zero-order valence-electron chi connectivity index (χ0n) is 37.3. The summed E-state index contributed by atoms with van der Waals surface area (Å²) in [4.78, 5) is 5.19. The van der Waals surface area contributed by atoms with E-state index in [1.807, 2.05) is 19.9 Å². The Bertz CT molecular complexity index is 2080. The molecule has 8 nitrogen and oxygen atoms in total. The number of nitrogens with zero attached hydrogens (tertiary/aromatic N) is 2. The van der Waals surface area contributed by atoms with Crippen LogP contribution in [0.15, 0.2) is 90.7 Å². The minimum absolute atomic E-state index is 0.124. The van der Waals surface area contributed by atoms with Crippen LogP contribution >= 0.6 is 0 Å². The van der Waals surface area contributed by atoms with Crippen molar-refractivity contribution in [2.45, 2.75) is 103 Å². The van der Waals surface area contributed by atoms with Crippen molar-refractivity contribution in [3.05, 3.63) is 118 Å². The van der Waals surface area contributed by atoms with Gasteiger partial charge < -0.3 is 33.9 Å². The minimum atomic E-state index is 0.124. The molecule has 4 aromatic carbocycles. The van der Waals surface area contributed by atoms with Crippen molar-refractivity contribution in [1.29, 1.82) is 0 Å². The Kier molecular flexibility index (Phi) is 14.3. The van der Waals surface area contributed by atoms with Gasteiger partial charge in [0, 0.05) is 61.7 Å². The number of hydrogen-bond donors (Lipinski definition) is 1. The molecule has 8 heteroatoms. The summed E-state index contributed by atoms with van der Waals surface area (Å²) in [6.07, 6.45) is 16.3. The Labute approximate surface area is 359 Å². The van der Waals surface area contributed by atoms with Crippen LogP contribution in [0.2, 0.25) is 0 Å². The summed E-state index contributed by atoms with van der Waals surface area (Å²) in [6.45, 7) is 9.89. The summed E-state index contributed by atoms with van der Waals surface area (Å²) in [5, 5.41) is 3.63. The predicted molar refractivity (Wildman–Crippen MR) is 246 cm³/mol. The molecule has 1 saturated heterocycles. The van der Waals surface area contributed by atoms with E-state index in [1.54, 1.807) is 35.5 Å². The summed E-state index contributed by atoms with van der Waals surface area (Å²) < 4.78 is 29.5. The van der Waals surface area contributed by atoms with Gasteiger partial charge in [0.25, 0.3) is 0 Å². The second kappa shape index (κ2) is 20.0. The third-order valence-corrected chi connectivity index (χ3v) is 13.3. The van der Waals surface area contributed by atoms with Crippen molar-refractivity contribution in [2.24, 2.45) is 0 Å². The first-order valence-electron chi connectivity index (χ1n) is 22.3. The van der Waals surface area contributed by atoms with Crippen LogP contribution in [0.3, 0.4) is 0 Å². The van der Waals surface area contributed by atoms with Crippen molar-refractivity contribution < 1.29 is 23.7 Å². The average molecular weight is 814 g/mol. The lowest BCUT2D eigenvalue weighted by atomic mass is 9.77. The summed E-state index contributed by atoms with van der Waals surface area (Å²) in [7, 11) is 8.80. The smallest absolute Gasteiger partial charge is 0.126 e. The number of piperidine rings is 1. The van der Waals surface area contributed by atoms with Gasteiger partial charge in [0.05, 0.1) is 41.6 Å². The molecule has 320 valence electrons. The number of methoxy groups -OCH3 is 5. The van der Waals surface area contributed by atoms with Gasteiger partial charge >= 0.3 is 0 Å². The molecule has 4 aromatic rings. The maximum Gasteiger partial charge on any atom is 0.126 e. The van der Waals surface area contributed by atoms with E-state index >= 15 is 0 Å². The molecule has 4 aliphatic rings. The molecular formula is C52H67N3O5. The molecular weight excluding hydrogens is 747 g/mol. The molecule has 0 spiro atoms. The molecule has 0 amide bonds. The zero-order valence-corrected chi connectivity index (χ0v) is 37.3. The molecule has 1 unspecified atom stereocenters. The van der Waals surface area contributed by atoms with Crippen LogP contribution in [0, 0.1) is 6.92 Å². The van der Waals surface area contributed by atoms with E-state index in [9.17, 15) is 0 Å². The molecule has 0 bridgehead atoms. The lowest BCUT2D eigenvalue weighted by Gasteiger charge is -2.40. The standard InChI is InChI=1S/C50H61N3O5.C2H6/c1-33-45(35-12-9-13-35)24-39(27-47(33)56-4)46-23-34(17-20-51-46)31-52-21-18-40(19-22-52)53(41-28-42(54-2)30-43(29-41)55-3)32-37-11-7-8-16-44(37)38-25-48(57-5)50(36-14-10-15-36)49(26-38)58-6;1-2/h7-8,11,16-17,20,23-30,35-36,40,46,51H,9-10,12-15,18-19,21-22,31-32H2,1-6H3;1-2H3. The van der Waals surface area contributed by atoms with E-state index < -0.39 is 0 Å². The van der Waals surface area contributed by atoms with Gasteiger partial charge in [0.2, 0.25) is 0 Å². The fourth-order valence-corrected chi connectivity index (χ4v) is 9.49. The largest absolute Gasteiger partial charge is 0.497 e. The van der Waals surface area contributed by atoms with Gasteiger partial charge in [0.15, 0.2) is 0 Å². The van der Waals surface area contributed by atoms with Gasteiger partial charge in [-0.3, -0.25) is 4.90 Å². The number of rotatable bonds is 15. The third-order valence-electron chi connectivity index (χ3n) is 13.3. The van der Waals surface area contributed by atoms with Crippen LogP contribution in [-0.2, 0) is 6.54 Å². The van der Waals surface area contributed by atoms with Crippen molar-refractivity contribution in [3.8, 4) is 39.9 Å². The van der Waals surface area contributed by atoms with E-state index in [2.05, 4.69) is 101 Å². The van der Waals surface area contributed by atoms with E-state index in [4.69, 9.17) is 23.7 Å². The Morgan fingerprint density at radius 3 is 1.92 bits per heavy atom. The van der Waals surface area contributed by atoms with Crippen molar-refractivity contribution in [3.63, 3.8) is 0 Å². The molecule has 3 fully saturated rings. The maximum atomic E-state index is 6.03. The van der Waals surface area contributed by atoms with Crippen LogP contribution in [-0.4, -0.2) is 66.1 Å². The number of likely N-dealkylation sites (tertiary alicyclic amines) is 1. The second-order valence-electron chi connectivity index (χ2n) is 16.6. The van der Waals surface area contributed by atoms with Crippen LogP contribution in [0.1, 0.15) is 111 Å². The van der Waals surface area contributed by atoms with Crippen molar-refractivity contribution in [2.75, 3.05) is 60.1 Å². The molecule has 2 aliphatic carbocycles. The van der Waals surface area contributed by atoms with E-state index in [1.165, 1.54) is 77.5 Å².